The smallest absolute Gasteiger partial charge is 0.328 e. The third kappa shape index (κ3) is 2.96. The standard InChI is InChI=1S/C14H15FN2O3/c1-9-14(20)16-6-7-17(9)12-4-3-11(15)8-10(12)2-5-13(18)19/h2-5,8-9H,6-7H2,1H3,(H,16,20)(H,18,19). The molecule has 0 aromatic heterocycles. The molecule has 20 heavy (non-hydrogen) atoms. The van der Waals surface area contributed by atoms with Gasteiger partial charge in [0.05, 0.1) is 0 Å². The molecular formula is C14H15FN2O3. The molecule has 0 bridgehead atoms. The lowest BCUT2D eigenvalue weighted by Gasteiger charge is -2.35. The van der Waals surface area contributed by atoms with E-state index in [-0.39, 0.29) is 11.9 Å². The SMILES string of the molecule is CC1C(=O)NCCN1c1ccc(F)cc1C=CC(=O)O. The van der Waals surface area contributed by atoms with E-state index in [0.717, 1.165) is 6.08 Å². The number of hydrogen-bond acceptors (Lipinski definition) is 3. The molecule has 2 rings (SSSR count). The van der Waals surface area contributed by atoms with Crippen molar-refractivity contribution in [1.82, 2.24) is 5.32 Å². The molecule has 2 N–H and O–H groups in total. The summed E-state index contributed by atoms with van der Waals surface area (Å²) < 4.78 is 13.3. The number of amides is 1. The second-order valence-corrected chi connectivity index (χ2v) is 4.54. The largest absolute Gasteiger partial charge is 0.478 e. The number of carbonyl (C=O) groups is 2. The zero-order valence-electron chi connectivity index (χ0n) is 11.0. The van der Waals surface area contributed by atoms with Crippen LogP contribution in [-0.4, -0.2) is 36.1 Å². The molecule has 1 fully saturated rings. The van der Waals surface area contributed by atoms with Crippen LogP contribution in [0.15, 0.2) is 24.3 Å². The third-order valence-electron chi connectivity index (χ3n) is 3.20. The lowest BCUT2D eigenvalue weighted by molar-refractivity contribution is -0.131. The van der Waals surface area contributed by atoms with Gasteiger partial charge < -0.3 is 15.3 Å². The van der Waals surface area contributed by atoms with Crippen LogP contribution in [0.2, 0.25) is 0 Å². The molecule has 0 saturated carbocycles. The predicted molar refractivity (Wildman–Crippen MR) is 72.9 cm³/mol. The van der Waals surface area contributed by atoms with Gasteiger partial charge in [-0.3, -0.25) is 4.79 Å². The maximum Gasteiger partial charge on any atom is 0.328 e. The number of nitrogens with zero attached hydrogens (tertiary/aromatic N) is 1. The first-order valence-electron chi connectivity index (χ1n) is 6.24. The third-order valence-corrected chi connectivity index (χ3v) is 3.20. The molecule has 1 aliphatic rings. The van der Waals surface area contributed by atoms with Gasteiger partial charge in [-0.2, -0.15) is 0 Å². The van der Waals surface area contributed by atoms with Gasteiger partial charge in [-0.1, -0.05) is 0 Å². The van der Waals surface area contributed by atoms with Crippen molar-refractivity contribution in [2.45, 2.75) is 13.0 Å². The van der Waals surface area contributed by atoms with Gasteiger partial charge in [0.2, 0.25) is 5.91 Å². The quantitative estimate of drug-likeness (QED) is 0.816. The van der Waals surface area contributed by atoms with Crippen molar-refractivity contribution in [3.63, 3.8) is 0 Å². The highest BCUT2D eigenvalue weighted by Crippen LogP contribution is 2.26. The number of piperazine rings is 1. The fourth-order valence-electron chi connectivity index (χ4n) is 2.19. The summed E-state index contributed by atoms with van der Waals surface area (Å²) in [6, 6.07) is 3.73. The molecule has 0 radical (unpaired) electrons. The number of hydrogen-bond donors (Lipinski definition) is 2. The minimum atomic E-state index is -1.11. The lowest BCUT2D eigenvalue weighted by atomic mass is 10.1. The first kappa shape index (κ1) is 14.0. The number of nitrogens with one attached hydrogen (secondary N) is 1. The van der Waals surface area contributed by atoms with Crippen LogP contribution in [0.25, 0.3) is 6.08 Å². The van der Waals surface area contributed by atoms with Crippen molar-refractivity contribution in [1.29, 1.82) is 0 Å². The van der Waals surface area contributed by atoms with Crippen molar-refractivity contribution in [3.8, 4) is 0 Å². The Morgan fingerprint density at radius 1 is 1.55 bits per heavy atom. The highest BCUT2D eigenvalue weighted by molar-refractivity contribution is 5.89. The Morgan fingerprint density at radius 2 is 2.30 bits per heavy atom. The van der Waals surface area contributed by atoms with E-state index in [0.29, 0.717) is 24.3 Å². The van der Waals surface area contributed by atoms with Gasteiger partial charge >= 0.3 is 5.97 Å². The summed E-state index contributed by atoms with van der Waals surface area (Å²) in [6.07, 6.45) is 2.28. The van der Waals surface area contributed by atoms with E-state index in [4.69, 9.17) is 5.11 Å². The molecule has 1 amide bonds. The van der Waals surface area contributed by atoms with Gasteiger partial charge in [0.25, 0.3) is 0 Å². The van der Waals surface area contributed by atoms with Gasteiger partial charge in [-0.05, 0) is 31.2 Å². The number of carboxylic acids is 1. The van der Waals surface area contributed by atoms with Crippen LogP contribution in [0.5, 0.6) is 0 Å². The van der Waals surface area contributed by atoms with Crippen molar-refractivity contribution in [3.05, 3.63) is 35.7 Å². The molecule has 1 unspecified atom stereocenters. The van der Waals surface area contributed by atoms with Crippen LogP contribution >= 0.6 is 0 Å². The summed E-state index contributed by atoms with van der Waals surface area (Å²) in [4.78, 5) is 24.1. The molecule has 1 aromatic rings. The van der Waals surface area contributed by atoms with Crippen LogP contribution in [0.4, 0.5) is 10.1 Å². The number of rotatable bonds is 3. The van der Waals surface area contributed by atoms with E-state index >= 15 is 0 Å². The molecule has 0 spiro atoms. The van der Waals surface area contributed by atoms with Crippen molar-refractivity contribution >= 4 is 23.6 Å². The van der Waals surface area contributed by atoms with E-state index in [9.17, 15) is 14.0 Å². The number of halogens is 1. The molecule has 1 aliphatic heterocycles. The topological polar surface area (TPSA) is 69.6 Å². The highest BCUT2D eigenvalue weighted by atomic mass is 19.1. The first-order chi connectivity index (χ1) is 9.49. The molecule has 1 aromatic carbocycles. The van der Waals surface area contributed by atoms with Crippen LogP contribution in [0.1, 0.15) is 12.5 Å². The van der Waals surface area contributed by atoms with Gasteiger partial charge in [0.15, 0.2) is 0 Å². The van der Waals surface area contributed by atoms with Crippen molar-refractivity contribution < 1.29 is 19.1 Å². The fraction of sp³-hybridized carbons (Fsp3) is 0.286. The number of aliphatic carboxylic acids is 1. The average molecular weight is 278 g/mol. The molecule has 0 aliphatic carbocycles. The molecule has 1 atom stereocenters. The maximum atomic E-state index is 13.3. The van der Waals surface area contributed by atoms with Gasteiger partial charge in [-0.15, -0.1) is 0 Å². The Labute approximate surface area is 115 Å². The Kier molecular flexibility index (Phi) is 4.02. The minimum Gasteiger partial charge on any atom is -0.478 e. The Balaban J connectivity index is 2.39. The van der Waals surface area contributed by atoms with E-state index in [1.54, 1.807) is 13.0 Å². The van der Waals surface area contributed by atoms with Gasteiger partial charge in [-0.25, -0.2) is 9.18 Å². The van der Waals surface area contributed by atoms with E-state index < -0.39 is 11.8 Å². The summed E-state index contributed by atoms with van der Waals surface area (Å²) in [7, 11) is 0. The number of anilines is 1. The second kappa shape index (κ2) is 5.73. The Morgan fingerprint density at radius 3 is 3.00 bits per heavy atom. The molecule has 6 heteroatoms. The summed E-state index contributed by atoms with van der Waals surface area (Å²) >= 11 is 0. The zero-order chi connectivity index (χ0) is 14.7. The maximum absolute atomic E-state index is 13.3. The Bertz CT molecular complexity index is 572. The summed E-state index contributed by atoms with van der Waals surface area (Å²) in [6.45, 7) is 2.84. The zero-order valence-corrected chi connectivity index (χ0v) is 11.0. The molecule has 1 heterocycles. The van der Waals surface area contributed by atoms with Crippen LogP contribution in [0, 0.1) is 5.82 Å². The van der Waals surface area contributed by atoms with E-state index in [1.807, 2.05) is 4.90 Å². The minimum absolute atomic E-state index is 0.103. The number of carbonyl (C=O) groups excluding carboxylic acids is 1. The first-order valence-corrected chi connectivity index (χ1v) is 6.24. The average Bonchev–Trinajstić information content (AvgIpc) is 2.40. The van der Waals surface area contributed by atoms with Crippen LogP contribution in [0.3, 0.4) is 0 Å². The van der Waals surface area contributed by atoms with Crippen molar-refractivity contribution in [2.24, 2.45) is 0 Å². The van der Waals surface area contributed by atoms with Gasteiger partial charge in [0.1, 0.15) is 11.9 Å². The summed E-state index contributed by atoms with van der Waals surface area (Å²) in [5.74, 6) is -1.66. The molecule has 5 nitrogen and oxygen atoms in total. The number of benzene rings is 1. The van der Waals surface area contributed by atoms with E-state index in [1.165, 1.54) is 18.2 Å². The molecule has 1 saturated heterocycles. The fourth-order valence-corrected chi connectivity index (χ4v) is 2.19. The van der Waals surface area contributed by atoms with Crippen molar-refractivity contribution in [2.75, 3.05) is 18.0 Å². The predicted octanol–water partition coefficient (Wildman–Crippen LogP) is 1.25. The van der Waals surface area contributed by atoms with Gasteiger partial charge in [0, 0.05) is 30.4 Å². The summed E-state index contributed by atoms with van der Waals surface area (Å²) in [5.41, 5.74) is 1.08. The summed E-state index contributed by atoms with van der Waals surface area (Å²) in [5, 5.41) is 11.4. The second-order valence-electron chi connectivity index (χ2n) is 4.54. The lowest BCUT2D eigenvalue weighted by Crippen LogP contribution is -2.54. The molecule has 106 valence electrons. The Hall–Kier alpha value is -2.37. The molecular weight excluding hydrogens is 263 g/mol. The van der Waals surface area contributed by atoms with Crippen LogP contribution in [-0.2, 0) is 9.59 Å². The van der Waals surface area contributed by atoms with Crippen LogP contribution < -0.4 is 10.2 Å². The number of carboxylic acid groups (broad SMARTS) is 1. The highest BCUT2D eigenvalue weighted by Gasteiger charge is 2.26. The normalized spacial score (nSPS) is 19.2. The monoisotopic (exact) mass is 278 g/mol. The van der Waals surface area contributed by atoms with E-state index in [2.05, 4.69) is 5.32 Å².